The lowest BCUT2D eigenvalue weighted by atomic mass is 9.94. The van der Waals surface area contributed by atoms with Gasteiger partial charge in [0.25, 0.3) is 0 Å². The van der Waals surface area contributed by atoms with E-state index in [1.54, 1.807) is 27.7 Å². The molecule has 1 aliphatic rings. The second-order valence-corrected chi connectivity index (χ2v) is 16.2. The third kappa shape index (κ3) is 14.5. The van der Waals surface area contributed by atoms with Crippen LogP contribution in [0, 0.1) is 29.6 Å². The molecule has 0 bridgehead atoms. The highest BCUT2D eigenvalue weighted by molar-refractivity contribution is 5.96. The predicted octanol–water partition coefficient (Wildman–Crippen LogP) is 0.557. The fourth-order valence-corrected chi connectivity index (χ4v) is 6.24. The fourth-order valence-electron chi connectivity index (χ4n) is 6.24. The molecule has 7 amide bonds. The van der Waals surface area contributed by atoms with E-state index in [0.29, 0.717) is 25.4 Å². The normalized spacial score (nSPS) is 19.0. The van der Waals surface area contributed by atoms with Crippen LogP contribution in [0.5, 0.6) is 0 Å². The maximum Gasteiger partial charge on any atom is 0.246 e. The second-order valence-electron chi connectivity index (χ2n) is 16.2. The van der Waals surface area contributed by atoms with Crippen molar-refractivity contribution in [2.24, 2.45) is 29.6 Å². The zero-order valence-electron chi connectivity index (χ0n) is 34.8. The lowest BCUT2D eigenvalue weighted by Gasteiger charge is -2.37. The van der Waals surface area contributed by atoms with Crippen LogP contribution in [-0.4, -0.2) is 133 Å². The third-order valence-electron chi connectivity index (χ3n) is 9.81. The monoisotopic (exact) mass is 768 g/mol. The molecule has 16 heteroatoms. The molecule has 0 aliphatic carbocycles. The van der Waals surface area contributed by atoms with Crippen molar-refractivity contribution in [3.63, 3.8) is 0 Å². The number of nitrogens with one attached hydrogen (secondary N) is 5. The Balaban J connectivity index is 3.22. The number of hydrogen-bond acceptors (Lipinski definition) is 9. The van der Waals surface area contributed by atoms with Crippen molar-refractivity contribution in [2.45, 2.75) is 137 Å². The van der Waals surface area contributed by atoms with E-state index in [1.165, 1.54) is 37.9 Å². The van der Waals surface area contributed by atoms with Gasteiger partial charge in [0.1, 0.15) is 30.2 Å². The van der Waals surface area contributed by atoms with Crippen molar-refractivity contribution >= 4 is 41.4 Å². The maximum atomic E-state index is 14.0. The number of ether oxygens (including phenoxy) is 1. The molecule has 0 radical (unpaired) electrons. The Hall–Kier alpha value is -3.79. The molecule has 1 aliphatic heterocycles. The summed E-state index contributed by atoms with van der Waals surface area (Å²) in [6, 6.07) is -5.45. The van der Waals surface area contributed by atoms with Crippen LogP contribution in [0.2, 0.25) is 0 Å². The van der Waals surface area contributed by atoms with E-state index < -0.39 is 78.5 Å². The molecule has 1 fully saturated rings. The molecule has 310 valence electrons. The average molecular weight is 768 g/mol. The molecule has 0 unspecified atom stereocenters. The summed E-state index contributed by atoms with van der Waals surface area (Å²) in [4.78, 5) is 95.8. The Labute approximate surface area is 322 Å². The van der Waals surface area contributed by atoms with E-state index >= 15 is 0 Å². The molecule has 8 atom stereocenters. The summed E-state index contributed by atoms with van der Waals surface area (Å²) in [5, 5.41) is 23.8. The van der Waals surface area contributed by atoms with Gasteiger partial charge in [-0.1, -0.05) is 62.3 Å². The SMILES string of the molecule is CNC(=O)[C@@H](NC(=O)[C@H](CC(C)C)N(C)C(=O)CNC(=O)[C@@H](NC(=O)[C@H]([C@@H]1OCC[C@H]1C)N(C)C(=O)[C@@H](NC(=O)CCC(C)C)C(C)C)[C@@H](C)O)C(C)C. The van der Waals surface area contributed by atoms with Gasteiger partial charge in [0.2, 0.25) is 41.4 Å². The van der Waals surface area contributed by atoms with Gasteiger partial charge in [0.05, 0.1) is 18.8 Å². The summed E-state index contributed by atoms with van der Waals surface area (Å²) >= 11 is 0. The van der Waals surface area contributed by atoms with Gasteiger partial charge in [-0.05, 0) is 55.8 Å². The van der Waals surface area contributed by atoms with Crippen LogP contribution in [0.3, 0.4) is 0 Å². The molecule has 0 aromatic rings. The van der Waals surface area contributed by atoms with E-state index in [0.717, 1.165) is 0 Å². The largest absolute Gasteiger partial charge is 0.391 e. The van der Waals surface area contributed by atoms with Crippen LogP contribution in [-0.2, 0) is 38.3 Å². The number of hydrogen-bond donors (Lipinski definition) is 6. The zero-order valence-corrected chi connectivity index (χ0v) is 34.8. The minimum absolute atomic E-state index is 0.000546. The van der Waals surface area contributed by atoms with E-state index in [4.69, 9.17) is 4.74 Å². The van der Waals surface area contributed by atoms with Crippen molar-refractivity contribution < 1.29 is 43.4 Å². The average Bonchev–Trinajstić information content (AvgIpc) is 3.51. The van der Waals surface area contributed by atoms with Crippen LogP contribution < -0.4 is 26.6 Å². The zero-order chi connectivity index (χ0) is 41.6. The maximum absolute atomic E-state index is 14.0. The van der Waals surface area contributed by atoms with E-state index in [1.807, 2.05) is 34.6 Å². The standard InChI is InChI=1S/C38H69N7O9/c1-20(2)14-15-27(47)41-30(23(7)8)38(53)45(13)32(33-24(9)16-17-54-33)37(52)43-31(25(10)46)36(51)40-19-28(48)44(12)26(18-21(3)4)34(49)42-29(22(5)6)35(50)39-11/h20-26,29-33,46H,14-19H2,1-13H3,(H,39,50)(H,40,51)(H,41,47)(H,42,49)(H,43,52)/t24-,25-,26+,29+,30+,31+,32+,33-/m1/s1. The van der Waals surface area contributed by atoms with Crippen molar-refractivity contribution in [1.82, 2.24) is 36.4 Å². The number of amides is 7. The highest BCUT2D eigenvalue weighted by atomic mass is 16.5. The quantitative estimate of drug-likeness (QED) is 0.0961. The van der Waals surface area contributed by atoms with E-state index in [2.05, 4.69) is 26.6 Å². The lowest BCUT2D eigenvalue weighted by Crippen LogP contribution is -2.63. The Morgan fingerprint density at radius 3 is 1.78 bits per heavy atom. The summed E-state index contributed by atoms with van der Waals surface area (Å²) in [6.45, 7) is 17.9. The number of carbonyl (C=O) groups is 7. The molecule has 0 aromatic heterocycles. The molecule has 1 rings (SSSR count). The molecule has 1 saturated heterocycles. The minimum Gasteiger partial charge on any atom is -0.391 e. The summed E-state index contributed by atoms with van der Waals surface area (Å²) in [6.07, 6.45) is -0.344. The first kappa shape index (κ1) is 48.2. The molecule has 6 N–H and O–H groups in total. The number of aliphatic hydroxyl groups is 1. The highest BCUT2D eigenvalue weighted by Gasteiger charge is 2.44. The van der Waals surface area contributed by atoms with Crippen LogP contribution >= 0.6 is 0 Å². The van der Waals surface area contributed by atoms with Gasteiger partial charge < -0.3 is 46.2 Å². The smallest absolute Gasteiger partial charge is 0.246 e. The van der Waals surface area contributed by atoms with Gasteiger partial charge in [0.15, 0.2) is 0 Å². The van der Waals surface area contributed by atoms with Crippen LogP contribution in [0.4, 0.5) is 0 Å². The lowest BCUT2D eigenvalue weighted by molar-refractivity contribution is -0.149. The van der Waals surface area contributed by atoms with Crippen LogP contribution in [0.1, 0.15) is 94.9 Å². The molecule has 54 heavy (non-hydrogen) atoms. The van der Waals surface area contributed by atoms with Crippen molar-refractivity contribution in [1.29, 1.82) is 0 Å². The Morgan fingerprint density at radius 2 is 1.31 bits per heavy atom. The molecule has 0 saturated carbocycles. The number of nitrogens with zero attached hydrogens (tertiary/aromatic N) is 2. The highest BCUT2D eigenvalue weighted by Crippen LogP contribution is 2.27. The predicted molar refractivity (Wildman–Crippen MR) is 204 cm³/mol. The van der Waals surface area contributed by atoms with Gasteiger partial charge in [-0.25, -0.2) is 0 Å². The molecule has 1 heterocycles. The number of rotatable bonds is 21. The molecular weight excluding hydrogens is 698 g/mol. The summed E-state index contributed by atoms with van der Waals surface area (Å²) < 4.78 is 5.93. The Kier molecular flexibility index (Phi) is 20.1. The summed E-state index contributed by atoms with van der Waals surface area (Å²) in [7, 11) is 4.35. The van der Waals surface area contributed by atoms with Crippen LogP contribution in [0.25, 0.3) is 0 Å². The molecular formula is C38H69N7O9. The van der Waals surface area contributed by atoms with E-state index in [-0.39, 0.29) is 48.3 Å². The summed E-state index contributed by atoms with van der Waals surface area (Å²) in [5.74, 6) is -4.29. The van der Waals surface area contributed by atoms with Gasteiger partial charge in [-0.3, -0.25) is 33.6 Å². The fraction of sp³-hybridized carbons (Fsp3) is 0.816. The third-order valence-corrected chi connectivity index (χ3v) is 9.81. The summed E-state index contributed by atoms with van der Waals surface area (Å²) in [5.41, 5.74) is 0. The van der Waals surface area contributed by atoms with Gasteiger partial charge in [-0.15, -0.1) is 0 Å². The van der Waals surface area contributed by atoms with Gasteiger partial charge >= 0.3 is 0 Å². The van der Waals surface area contributed by atoms with Crippen molar-refractivity contribution in [3.8, 4) is 0 Å². The van der Waals surface area contributed by atoms with Crippen molar-refractivity contribution in [3.05, 3.63) is 0 Å². The molecule has 16 nitrogen and oxygen atoms in total. The number of likely N-dealkylation sites (N-methyl/N-ethyl adjacent to an activating group) is 3. The van der Waals surface area contributed by atoms with Gasteiger partial charge in [-0.2, -0.15) is 0 Å². The first-order valence-electron chi connectivity index (χ1n) is 19.3. The first-order chi connectivity index (χ1) is 25.0. The minimum atomic E-state index is -1.52. The number of aliphatic hydroxyl groups excluding tert-OH is 1. The van der Waals surface area contributed by atoms with E-state index in [9.17, 15) is 38.7 Å². The van der Waals surface area contributed by atoms with Crippen molar-refractivity contribution in [2.75, 3.05) is 34.3 Å². The van der Waals surface area contributed by atoms with Crippen LogP contribution in [0.15, 0.2) is 0 Å². The first-order valence-corrected chi connectivity index (χ1v) is 19.3. The Morgan fingerprint density at radius 1 is 0.741 bits per heavy atom. The topological polar surface area (TPSA) is 216 Å². The molecule has 0 spiro atoms. The molecule has 0 aromatic carbocycles. The number of carbonyl (C=O) groups excluding carboxylic acids is 7. The van der Waals surface area contributed by atoms with Gasteiger partial charge in [0, 0.05) is 34.2 Å². The second kappa shape index (κ2) is 22.6. The Bertz CT molecular complexity index is 1290.